The van der Waals surface area contributed by atoms with E-state index in [0.29, 0.717) is 0 Å². The maximum atomic E-state index is 4.86. The molecule has 1 aromatic carbocycles. The molecule has 0 unspecified atom stereocenters. The fraction of sp³-hybridized carbons (Fsp3) is 0.444. The molecule has 3 aromatic rings. The molecule has 1 aliphatic rings. The van der Waals surface area contributed by atoms with Gasteiger partial charge in [-0.3, -0.25) is 0 Å². The molecule has 0 spiro atoms. The van der Waals surface area contributed by atoms with Crippen LogP contribution in [0.3, 0.4) is 0 Å². The molecule has 0 atom stereocenters. The Kier molecular flexibility index (Phi) is 3.85. The van der Waals surface area contributed by atoms with Crippen LogP contribution in [0.5, 0.6) is 0 Å². The average molecular weight is 344 g/mol. The van der Waals surface area contributed by atoms with Crippen molar-refractivity contribution in [1.29, 1.82) is 0 Å². The highest BCUT2D eigenvalue weighted by Gasteiger charge is 2.17. The summed E-state index contributed by atoms with van der Waals surface area (Å²) in [4.78, 5) is 13.5. The molecule has 0 saturated heterocycles. The first-order valence-corrected chi connectivity index (χ1v) is 9.80. The quantitative estimate of drug-likeness (QED) is 0.678. The van der Waals surface area contributed by atoms with Gasteiger partial charge in [-0.15, -0.1) is 11.3 Å². The molecule has 0 aliphatic heterocycles. The van der Waals surface area contributed by atoms with Gasteiger partial charge in [0.05, 0.1) is 22.5 Å². The number of rotatable bonds is 3. The van der Waals surface area contributed by atoms with Crippen molar-refractivity contribution in [3.63, 3.8) is 0 Å². The van der Waals surface area contributed by atoms with Gasteiger partial charge in [0.2, 0.25) is 0 Å². The van der Waals surface area contributed by atoms with Crippen LogP contribution in [-0.2, 0) is 19.4 Å². The van der Waals surface area contributed by atoms with Crippen LogP contribution in [0.25, 0.3) is 10.2 Å². The molecule has 0 saturated carbocycles. The summed E-state index contributed by atoms with van der Waals surface area (Å²) < 4.78 is 1.28. The summed E-state index contributed by atoms with van der Waals surface area (Å²) in [5.41, 5.74) is 5.06. The summed E-state index contributed by atoms with van der Waals surface area (Å²) >= 11 is 3.67. The van der Waals surface area contributed by atoms with Gasteiger partial charge in [0.1, 0.15) is 5.01 Å². The Balaban J connectivity index is 1.60. The summed E-state index contributed by atoms with van der Waals surface area (Å²) in [6.07, 6.45) is 5.00. The lowest BCUT2D eigenvalue weighted by Crippen LogP contribution is -2.15. The second-order valence-electron chi connectivity index (χ2n) is 6.47. The van der Waals surface area contributed by atoms with Crippen molar-refractivity contribution in [2.45, 2.75) is 46.1 Å². The first-order chi connectivity index (χ1) is 11.1. The topological polar surface area (TPSA) is 29.0 Å². The smallest absolute Gasteiger partial charge is 0.186 e. The van der Waals surface area contributed by atoms with E-state index in [4.69, 9.17) is 9.97 Å². The molecule has 3 nitrogen and oxygen atoms in total. The molecule has 0 amide bonds. The second kappa shape index (κ2) is 5.87. The molecule has 0 radical (unpaired) electrons. The molecular formula is C18H21N3S2. The molecule has 0 bridgehead atoms. The Bertz CT molecular complexity index is 839. The van der Waals surface area contributed by atoms with Gasteiger partial charge in [-0.25, -0.2) is 9.97 Å². The van der Waals surface area contributed by atoms with Crippen LogP contribution in [0.15, 0.2) is 12.1 Å². The van der Waals surface area contributed by atoms with Crippen molar-refractivity contribution in [3.8, 4) is 0 Å². The van der Waals surface area contributed by atoms with E-state index in [1.807, 2.05) is 11.3 Å². The number of hydrogen-bond acceptors (Lipinski definition) is 5. The van der Waals surface area contributed by atoms with Crippen molar-refractivity contribution in [3.05, 3.63) is 38.8 Å². The minimum absolute atomic E-state index is 0.857. The summed E-state index contributed by atoms with van der Waals surface area (Å²) in [6.45, 7) is 5.15. The van der Waals surface area contributed by atoms with Gasteiger partial charge in [0, 0.05) is 11.9 Å². The van der Waals surface area contributed by atoms with Crippen LogP contribution >= 0.6 is 22.7 Å². The van der Waals surface area contributed by atoms with Crippen molar-refractivity contribution >= 4 is 38.0 Å². The zero-order chi connectivity index (χ0) is 16.0. The molecule has 4 rings (SSSR count). The van der Waals surface area contributed by atoms with E-state index in [1.54, 1.807) is 11.3 Å². The third-order valence-corrected chi connectivity index (χ3v) is 6.67. The third-order valence-electron chi connectivity index (χ3n) is 4.41. The van der Waals surface area contributed by atoms with E-state index >= 15 is 0 Å². The summed E-state index contributed by atoms with van der Waals surface area (Å²) in [5, 5.41) is 2.31. The Morgan fingerprint density at radius 3 is 2.74 bits per heavy atom. The van der Waals surface area contributed by atoms with Gasteiger partial charge in [-0.05, 0) is 56.7 Å². The molecule has 0 fully saturated rings. The molecule has 1 aliphatic carbocycles. The number of hydrogen-bond donors (Lipinski definition) is 0. The second-order valence-corrected chi connectivity index (χ2v) is 8.64. The van der Waals surface area contributed by atoms with Crippen LogP contribution in [0, 0.1) is 13.8 Å². The van der Waals surface area contributed by atoms with E-state index in [-0.39, 0.29) is 0 Å². The number of benzene rings is 1. The van der Waals surface area contributed by atoms with E-state index in [0.717, 1.165) is 23.6 Å². The summed E-state index contributed by atoms with van der Waals surface area (Å²) in [6, 6.07) is 4.44. The van der Waals surface area contributed by atoms with E-state index < -0.39 is 0 Å². The van der Waals surface area contributed by atoms with Crippen LogP contribution < -0.4 is 4.90 Å². The number of fused-ring (bicyclic) bond motifs is 2. The van der Waals surface area contributed by atoms with Crippen LogP contribution in [-0.4, -0.2) is 17.0 Å². The number of nitrogens with zero attached hydrogens (tertiary/aromatic N) is 3. The SMILES string of the molecule is Cc1cc(C)c2nc(N(C)Cc3nc4c(s3)CCCC4)sc2c1. The zero-order valence-corrected chi connectivity index (χ0v) is 15.5. The fourth-order valence-corrected chi connectivity index (χ4v) is 5.58. The van der Waals surface area contributed by atoms with E-state index in [1.165, 1.54) is 50.7 Å². The van der Waals surface area contributed by atoms with E-state index in [2.05, 4.69) is 37.9 Å². The third kappa shape index (κ3) is 2.88. The Morgan fingerprint density at radius 2 is 1.91 bits per heavy atom. The number of thiazole rings is 2. The van der Waals surface area contributed by atoms with Gasteiger partial charge in [0.15, 0.2) is 5.13 Å². The molecule has 23 heavy (non-hydrogen) atoms. The lowest BCUT2D eigenvalue weighted by Gasteiger charge is -2.13. The normalized spacial score (nSPS) is 14.2. The lowest BCUT2D eigenvalue weighted by atomic mass is 10.0. The molecule has 2 aromatic heterocycles. The Labute approximate surface area is 145 Å². The molecule has 2 heterocycles. The fourth-order valence-electron chi connectivity index (χ4n) is 3.27. The molecule has 5 heteroatoms. The number of aromatic nitrogens is 2. The van der Waals surface area contributed by atoms with Gasteiger partial charge >= 0.3 is 0 Å². The van der Waals surface area contributed by atoms with Crippen molar-refractivity contribution < 1.29 is 0 Å². The average Bonchev–Trinajstić information content (AvgIpc) is 3.10. The first-order valence-electron chi connectivity index (χ1n) is 8.16. The highest BCUT2D eigenvalue weighted by atomic mass is 32.1. The van der Waals surface area contributed by atoms with Crippen molar-refractivity contribution in [2.24, 2.45) is 0 Å². The number of aryl methyl sites for hydroxylation is 4. The molecular weight excluding hydrogens is 322 g/mol. The predicted molar refractivity (Wildman–Crippen MR) is 100.0 cm³/mol. The first kappa shape index (κ1) is 15.1. The Morgan fingerprint density at radius 1 is 1.09 bits per heavy atom. The number of anilines is 1. The summed E-state index contributed by atoms with van der Waals surface area (Å²) in [5.74, 6) is 0. The standard InChI is InChI=1S/C18H21N3S2/c1-11-8-12(2)17-15(9-11)23-18(20-17)21(3)10-16-19-13-6-4-5-7-14(13)22-16/h8-9H,4-7,10H2,1-3H3. The largest absolute Gasteiger partial charge is 0.344 e. The maximum Gasteiger partial charge on any atom is 0.186 e. The summed E-state index contributed by atoms with van der Waals surface area (Å²) in [7, 11) is 2.13. The van der Waals surface area contributed by atoms with Crippen molar-refractivity contribution in [2.75, 3.05) is 11.9 Å². The van der Waals surface area contributed by atoms with Gasteiger partial charge < -0.3 is 4.90 Å². The minimum Gasteiger partial charge on any atom is -0.344 e. The maximum absolute atomic E-state index is 4.86. The van der Waals surface area contributed by atoms with Gasteiger partial charge in [-0.1, -0.05) is 17.4 Å². The van der Waals surface area contributed by atoms with Crippen LogP contribution in [0.1, 0.15) is 39.5 Å². The highest BCUT2D eigenvalue weighted by Crippen LogP contribution is 2.33. The Hall–Kier alpha value is -1.46. The minimum atomic E-state index is 0.857. The predicted octanol–water partition coefficient (Wildman–Crippen LogP) is 4.88. The molecule has 0 N–H and O–H groups in total. The highest BCUT2D eigenvalue weighted by molar-refractivity contribution is 7.22. The lowest BCUT2D eigenvalue weighted by molar-refractivity contribution is 0.680. The van der Waals surface area contributed by atoms with Gasteiger partial charge in [0.25, 0.3) is 0 Å². The molecule has 120 valence electrons. The van der Waals surface area contributed by atoms with E-state index in [9.17, 15) is 0 Å². The van der Waals surface area contributed by atoms with Crippen molar-refractivity contribution in [1.82, 2.24) is 9.97 Å². The van der Waals surface area contributed by atoms with Crippen LogP contribution in [0.4, 0.5) is 5.13 Å². The van der Waals surface area contributed by atoms with Crippen LogP contribution in [0.2, 0.25) is 0 Å². The monoisotopic (exact) mass is 343 g/mol. The van der Waals surface area contributed by atoms with Gasteiger partial charge in [-0.2, -0.15) is 0 Å². The zero-order valence-electron chi connectivity index (χ0n) is 13.8.